The number of rotatable bonds is 2. The van der Waals surface area contributed by atoms with Gasteiger partial charge in [0, 0.05) is 23.7 Å². The Bertz CT molecular complexity index is 285. The summed E-state index contributed by atoms with van der Waals surface area (Å²) in [6.07, 6.45) is 1.24. The standard InChI is InChI=1S/C11H15NS/c1-2-7-12-8-9-13-11-6-4-3-5-10(11)12/h3-6H,2,7-9H2,1H3. The van der Waals surface area contributed by atoms with E-state index >= 15 is 0 Å². The summed E-state index contributed by atoms with van der Waals surface area (Å²) < 4.78 is 0. The van der Waals surface area contributed by atoms with Crippen LogP contribution in [0.15, 0.2) is 29.2 Å². The third kappa shape index (κ3) is 1.83. The van der Waals surface area contributed by atoms with Crippen molar-refractivity contribution in [3.63, 3.8) is 0 Å². The van der Waals surface area contributed by atoms with E-state index in [-0.39, 0.29) is 0 Å². The number of anilines is 1. The summed E-state index contributed by atoms with van der Waals surface area (Å²) in [6, 6.07) is 8.72. The molecule has 0 atom stereocenters. The zero-order chi connectivity index (χ0) is 9.10. The highest BCUT2D eigenvalue weighted by molar-refractivity contribution is 7.99. The van der Waals surface area contributed by atoms with Crippen LogP contribution in [0, 0.1) is 0 Å². The van der Waals surface area contributed by atoms with Crippen LogP contribution in [0.4, 0.5) is 5.69 Å². The molecule has 0 aromatic heterocycles. The Labute approximate surface area is 84.1 Å². The van der Waals surface area contributed by atoms with Gasteiger partial charge in [-0.3, -0.25) is 0 Å². The highest BCUT2D eigenvalue weighted by Crippen LogP contribution is 2.33. The van der Waals surface area contributed by atoms with Crippen molar-refractivity contribution in [2.75, 3.05) is 23.7 Å². The lowest BCUT2D eigenvalue weighted by Crippen LogP contribution is -2.29. The van der Waals surface area contributed by atoms with Gasteiger partial charge in [-0.1, -0.05) is 19.1 Å². The zero-order valence-electron chi connectivity index (χ0n) is 7.99. The number of thioether (sulfide) groups is 1. The average Bonchev–Trinajstić information content (AvgIpc) is 2.19. The van der Waals surface area contributed by atoms with Crippen LogP contribution >= 0.6 is 11.8 Å². The van der Waals surface area contributed by atoms with Gasteiger partial charge in [0.1, 0.15) is 0 Å². The summed E-state index contributed by atoms with van der Waals surface area (Å²) >= 11 is 1.98. The predicted octanol–water partition coefficient (Wildman–Crippen LogP) is 3.01. The Morgan fingerprint density at radius 1 is 1.38 bits per heavy atom. The molecule has 1 nitrogen and oxygen atoms in total. The fourth-order valence-electron chi connectivity index (χ4n) is 1.73. The van der Waals surface area contributed by atoms with Crippen molar-refractivity contribution < 1.29 is 0 Å². The SMILES string of the molecule is CCCN1CCSc2ccccc21. The molecule has 1 heterocycles. The second-order valence-corrected chi connectivity index (χ2v) is 4.44. The van der Waals surface area contributed by atoms with Crippen LogP contribution in [0.25, 0.3) is 0 Å². The van der Waals surface area contributed by atoms with Crippen LogP contribution in [0.3, 0.4) is 0 Å². The van der Waals surface area contributed by atoms with Crippen LogP contribution in [0.5, 0.6) is 0 Å². The van der Waals surface area contributed by atoms with E-state index in [9.17, 15) is 0 Å². The normalized spacial score (nSPS) is 15.6. The van der Waals surface area contributed by atoms with Gasteiger partial charge in [0.25, 0.3) is 0 Å². The van der Waals surface area contributed by atoms with Crippen molar-refractivity contribution in [3.05, 3.63) is 24.3 Å². The van der Waals surface area contributed by atoms with E-state index in [0.717, 1.165) is 0 Å². The fraction of sp³-hybridized carbons (Fsp3) is 0.455. The molecule has 0 bridgehead atoms. The van der Waals surface area contributed by atoms with Gasteiger partial charge >= 0.3 is 0 Å². The lowest BCUT2D eigenvalue weighted by atomic mass is 10.2. The van der Waals surface area contributed by atoms with Gasteiger partial charge < -0.3 is 4.90 Å². The monoisotopic (exact) mass is 193 g/mol. The molecule has 0 amide bonds. The number of benzene rings is 1. The Morgan fingerprint density at radius 3 is 3.08 bits per heavy atom. The molecule has 2 rings (SSSR count). The molecule has 0 fully saturated rings. The van der Waals surface area contributed by atoms with Crippen molar-refractivity contribution in [1.82, 2.24) is 0 Å². The first kappa shape index (κ1) is 8.95. The molecule has 1 aromatic rings. The van der Waals surface area contributed by atoms with E-state index in [4.69, 9.17) is 0 Å². The zero-order valence-corrected chi connectivity index (χ0v) is 8.81. The topological polar surface area (TPSA) is 3.24 Å². The number of nitrogens with zero attached hydrogens (tertiary/aromatic N) is 1. The van der Waals surface area contributed by atoms with Gasteiger partial charge in [-0.2, -0.15) is 0 Å². The Kier molecular flexibility index (Phi) is 2.79. The van der Waals surface area contributed by atoms with Gasteiger partial charge in [0.15, 0.2) is 0 Å². The summed E-state index contributed by atoms with van der Waals surface area (Å²) in [5.74, 6) is 1.23. The van der Waals surface area contributed by atoms with Gasteiger partial charge in [0.2, 0.25) is 0 Å². The van der Waals surface area contributed by atoms with E-state index in [2.05, 4.69) is 36.1 Å². The van der Waals surface area contributed by atoms with Crippen molar-refractivity contribution in [3.8, 4) is 0 Å². The molecular formula is C11H15NS. The minimum Gasteiger partial charge on any atom is -0.370 e. The molecule has 1 aliphatic heterocycles. The predicted molar refractivity (Wildman–Crippen MR) is 59.7 cm³/mol. The molecule has 0 saturated carbocycles. The molecule has 0 radical (unpaired) electrons. The second kappa shape index (κ2) is 4.05. The number of hydrogen-bond acceptors (Lipinski definition) is 2. The summed E-state index contributed by atoms with van der Waals surface area (Å²) in [5, 5.41) is 0. The largest absolute Gasteiger partial charge is 0.370 e. The Hall–Kier alpha value is -0.630. The van der Waals surface area contributed by atoms with Crippen molar-refractivity contribution in [2.45, 2.75) is 18.2 Å². The van der Waals surface area contributed by atoms with Gasteiger partial charge in [0.05, 0.1) is 5.69 Å². The van der Waals surface area contributed by atoms with Crippen molar-refractivity contribution >= 4 is 17.4 Å². The quantitative estimate of drug-likeness (QED) is 0.710. The van der Waals surface area contributed by atoms with Crippen LogP contribution in [-0.4, -0.2) is 18.8 Å². The maximum atomic E-state index is 2.49. The molecule has 0 saturated heterocycles. The third-order valence-electron chi connectivity index (χ3n) is 2.32. The van der Waals surface area contributed by atoms with E-state index in [0.29, 0.717) is 0 Å². The molecule has 0 N–H and O–H groups in total. The maximum Gasteiger partial charge on any atom is 0.0504 e. The van der Waals surface area contributed by atoms with E-state index in [1.54, 1.807) is 0 Å². The summed E-state index contributed by atoms with van der Waals surface area (Å²) in [6.45, 7) is 4.64. The first-order valence-corrected chi connectivity index (χ1v) is 5.87. The first-order chi connectivity index (χ1) is 6.42. The molecule has 13 heavy (non-hydrogen) atoms. The van der Waals surface area contributed by atoms with Crippen LogP contribution in [0.2, 0.25) is 0 Å². The molecule has 70 valence electrons. The van der Waals surface area contributed by atoms with Crippen molar-refractivity contribution in [2.24, 2.45) is 0 Å². The van der Waals surface area contributed by atoms with Gasteiger partial charge in [-0.05, 0) is 18.6 Å². The Morgan fingerprint density at radius 2 is 2.23 bits per heavy atom. The Balaban J connectivity index is 2.26. The summed E-state index contributed by atoms with van der Waals surface area (Å²) in [4.78, 5) is 3.94. The van der Waals surface area contributed by atoms with E-state index < -0.39 is 0 Å². The van der Waals surface area contributed by atoms with Crippen molar-refractivity contribution in [1.29, 1.82) is 0 Å². The molecule has 2 heteroatoms. The summed E-state index contributed by atoms with van der Waals surface area (Å²) in [5.41, 5.74) is 1.43. The highest BCUT2D eigenvalue weighted by Gasteiger charge is 2.14. The lowest BCUT2D eigenvalue weighted by molar-refractivity contribution is 0.781. The number of hydrogen-bond donors (Lipinski definition) is 0. The number of para-hydroxylation sites is 1. The smallest absolute Gasteiger partial charge is 0.0504 e. The fourth-order valence-corrected chi connectivity index (χ4v) is 2.78. The highest BCUT2D eigenvalue weighted by atomic mass is 32.2. The molecular weight excluding hydrogens is 178 g/mol. The molecule has 0 unspecified atom stereocenters. The van der Waals surface area contributed by atoms with Gasteiger partial charge in [-0.15, -0.1) is 11.8 Å². The maximum absolute atomic E-state index is 2.49. The van der Waals surface area contributed by atoms with Gasteiger partial charge in [-0.25, -0.2) is 0 Å². The lowest BCUT2D eigenvalue weighted by Gasteiger charge is -2.30. The van der Waals surface area contributed by atoms with Crippen LogP contribution in [0.1, 0.15) is 13.3 Å². The summed E-state index contributed by atoms with van der Waals surface area (Å²) in [7, 11) is 0. The first-order valence-electron chi connectivity index (χ1n) is 4.88. The number of fused-ring (bicyclic) bond motifs is 1. The van der Waals surface area contributed by atoms with Crippen LogP contribution in [-0.2, 0) is 0 Å². The molecule has 0 aliphatic carbocycles. The second-order valence-electron chi connectivity index (χ2n) is 3.30. The average molecular weight is 193 g/mol. The molecule has 1 aromatic carbocycles. The molecule has 0 spiro atoms. The third-order valence-corrected chi connectivity index (χ3v) is 3.36. The van der Waals surface area contributed by atoms with E-state index in [1.807, 2.05) is 11.8 Å². The minimum atomic E-state index is 1.19. The minimum absolute atomic E-state index is 1.19. The van der Waals surface area contributed by atoms with Crippen LogP contribution < -0.4 is 4.90 Å². The molecule has 1 aliphatic rings. The van der Waals surface area contributed by atoms with E-state index in [1.165, 1.54) is 35.8 Å².